The molecule has 2 aliphatic rings. The minimum absolute atomic E-state index is 0.190. The van der Waals surface area contributed by atoms with Crippen molar-refractivity contribution in [3.8, 4) is 0 Å². The van der Waals surface area contributed by atoms with Gasteiger partial charge in [0.2, 0.25) is 0 Å². The number of piperidine rings is 1. The van der Waals surface area contributed by atoms with Gasteiger partial charge in [0.05, 0.1) is 6.54 Å². The number of likely N-dealkylation sites (tertiary alicyclic amines) is 1. The lowest BCUT2D eigenvalue weighted by Crippen LogP contribution is -2.50. The SMILES string of the molecule is O=C(Nc1cccc(Cl)c1)C1=NOC2(CCCN(C(=O)c3ccc(F)cc3)C2)C1. The largest absolute Gasteiger partial charge is 0.386 e. The van der Waals surface area contributed by atoms with E-state index in [4.69, 9.17) is 16.4 Å². The minimum Gasteiger partial charge on any atom is -0.386 e. The summed E-state index contributed by atoms with van der Waals surface area (Å²) in [4.78, 5) is 32.6. The lowest BCUT2D eigenvalue weighted by atomic mass is 9.87. The van der Waals surface area contributed by atoms with Gasteiger partial charge in [-0.15, -0.1) is 0 Å². The average Bonchev–Trinajstić information content (AvgIpc) is 3.11. The molecule has 1 fully saturated rings. The van der Waals surface area contributed by atoms with Gasteiger partial charge in [-0.3, -0.25) is 9.59 Å². The van der Waals surface area contributed by atoms with Crippen LogP contribution in [0.3, 0.4) is 0 Å². The van der Waals surface area contributed by atoms with Crippen molar-refractivity contribution in [2.75, 3.05) is 18.4 Å². The number of oxime groups is 1. The number of hydrogen-bond donors (Lipinski definition) is 1. The monoisotopic (exact) mass is 415 g/mol. The Balaban J connectivity index is 1.41. The van der Waals surface area contributed by atoms with Crippen LogP contribution in [0.4, 0.5) is 10.1 Å². The van der Waals surface area contributed by atoms with E-state index >= 15 is 0 Å². The van der Waals surface area contributed by atoms with Gasteiger partial charge in [0.15, 0.2) is 5.60 Å². The summed E-state index contributed by atoms with van der Waals surface area (Å²) in [7, 11) is 0. The summed E-state index contributed by atoms with van der Waals surface area (Å²) in [5.74, 6) is -0.935. The third-order valence-electron chi connectivity index (χ3n) is 5.10. The summed E-state index contributed by atoms with van der Waals surface area (Å²) < 4.78 is 13.1. The summed E-state index contributed by atoms with van der Waals surface area (Å²) >= 11 is 5.94. The highest BCUT2D eigenvalue weighted by Gasteiger charge is 2.45. The van der Waals surface area contributed by atoms with Gasteiger partial charge in [-0.25, -0.2) is 4.39 Å². The number of hydrogen-bond acceptors (Lipinski definition) is 4. The number of anilines is 1. The van der Waals surface area contributed by atoms with Crippen LogP contribution in [-0.2, 0) is 9.63 Å². The average molecular weight is 416 g/mol. The van der Waals surface area contributed by atoms with Gasteiger partial charge in [-0.05, 0) is 55.3 Å². The molecule has 0 aromatic heterocycles. The zero-order chi connectivity index (χ0) is 20.4. The molecule has 1 spiro atoms. The van der Waals surface area contributed by atoms with E-state index in [0.717, 1.165) is 6.42 Å². The molecule has 29 heavy (non-hydrogen) atoms. The predicted octanol–water partition coefficient (Wildman–Crippen LogP) is 3.87. The van der Waals surface area contributed by atoms with E-state index in [2.05, 4.69) is 10.5 Å². The highest BCUT2D eigenvalue weighted by molar-refractivity contribution is 6.43. The molecule has 150 valence electrons. The molecule has 8 heteroatoms. The highest BCUT2D eigenvalue weighted by atomic mass is 35.5. The molecule has 1 saturated heterocycles. The Bertz CT molecular complexity index is 979. The summed E-state index contributed by atoms with van der Waals surface area (Å²) in [5, 5.41) is 7.27. The molecule has 2 amide bonds. The normalized spacial score (nSPS) is 20.9. The van der Waals surface area contributed by atoms with Crippen molar-refractivity contribution < 1.29 is 18.8 Å². The number of halogens is 2. The first kappa shape index (κ1) is 19.4. The fraction of sp³-hybridized carbons (Fsp3) is 0.286. The number of benzene rings is 2. The third-order valence-corrected chi connectivity index (χ3v) is 5.34. The van der Waals surface area contributed by atoms with Crippen LogP contribution in [0.25, 0.3) is 0 Å². The van der Waals surface area contributed by atoms with Crippen LogP contribution >= 0.6 is 11.6 Å². The molecule has 1 unspecified atom stereocenters. The van der Waals surface area contributed by atoms with E-state index in [1.807, 2.05) is 0 Å². The Morgan fingerprint density at radius 1 is 1.21 bits per heavy atom. The molecule has 0 aliphatic carbocycles. The molecule has 2 aliphatic heterocycles. The fourth-order valence-electron chi connectivity index (χ4n) is 3.68. The Morgan fingerprint density at radius 3 is 2.76 bits per heavy atom. The lowest BCUT2D eigenvalue weighted by molar-refractivity contribution is -0.110. The quantitative estimate of drug-likeness (QED) is 0.827. The molecule has 0 bridgehead atoms. The van der Waals surface area contributed by atoms with Crippen molar-refractivity contribution in [2.24, 2.45) is 5.16 Å². The van der Waals surface area contributed by atoms with Crippen LogP contribution in [-0.4, -0.2) is 41.1 Å². The smallest absolute Gasteiger partial charge is 0.273 e. The van der Waals surface area contributed by atoms with Gasteiger partial charge in [0, 0.05) is 29.2 Å². The van der Waals surface area contributed by atoms with Crippen LogP contribution in [0.2, 0.25) is 5.02 Å². The third kappa shape index (κ3) is 4.24. The number of carbonyl (C=O) groups excluding carboxylic acids is 2. The Hall–Kier alpha value is -2.93. The van der Waals surface area contributed by atoms with E-state index in [9.17, 15) is 14.0 Å². The zero-order valence-corrected chi connectivity index (χ0v) is 16.3. The summed E-state index contributed by atoms with van der Waals surface area (Å²) in [6.45, 7) is 0.895. The van der Waals surface area contributed by atoms with Crippen molar-refractivity contribution in [2.45, 2.75) is 24.9 Å². The first-order valence-corrected chi connectivity index (χ1v) is 9.69. The van der Waals surface area contributed by atoms with Crippen LogP contribution in [0.15, 0.2) is 53.7 Å². The van der Waals surface area contributed by atoms with Crippen LogP contribution in [0, 0.1) is 5.82 Å². The maximum atomic E-state index is 13.1. The van der Waals surface area contributed by atoms with Crippen LogP contribution in [0.5, 0.6) is 0 Å². The lowest BCUT2D eigenvalue weighted by Gasteiger charge is -2.38. The Labute approximate surface area is 172 Å². The van der Waals surface area contributed by atoms with E-state index in [1.54, 1.807) is 29.2 Å². The van der Waals surface area contributed by atoms with Gasteiger partial charge in [0.1, 0.15) is 11.5 Å². The number of amides is 2. The molecular weight excluding hydrogens is 397 g/mol. The topological polar surface area (TPSA) is 71.0 Å². The van der Waals surface area contributed by atoms with Crippen molar-refractivity contribution in [1.82, 2.24) is 4.90 Å². The second-order valence-electron chi connectivity index (χ2n) is 7.29. The molecule has 1 N–H and O–H groups in total. The molecule has 2 aromatic rings. The van der Waals surface area contributed by atoms with E-state index in [-0.39, 0.29) is 23.3 Å². The van der Waals surface area contributed by atoms with Crippen LogP contribution in [0.1, 0.15) is 29.6 Å². The molecular formula is C21H19ClFN3O3. The molecule has 4 rings (SSSR count). The van der Waals surface area contributed by atoms with E-state index in [1.165, 1.54) is 24.3 Å². The fourth-order valence-corrected chi connectivity index (χ4v) is 3.87. The minimum atomic E-state index is -0.713. The van der Waals surface area contributed by atoms with Crippen molar-refractivity contribution in [3.63, 3.8) is 0 Å². The second kappa shape index (κ2) is 7.83. The summed E-state index contributed by atoms with van der Waals surface area (Å²) in [6.07, 6.45) is 1.73. The van der Waals surface area contributed by atoms with Gasteiger partial charge in [0.25, 0.3) is 11.8 Å². The van der Waals surface area contributed by atoms with Gasteiger partial charge in [-0.1, -0.05) is 22.8 Å². The standard InChI is InChI=1S/C21H19ClFN3O3/c22-15-3-1-4-17(11-15)24-19(27)18-12-21(29-25-18)9-2-10-26(13-21)20(28)14-5-7-16(23)8-6-14/h1,3-8,11H,2,9-10,12-13H2,(H,24,27). The molecule has 1 atom stereocenters. The summed E-state index contributed by atoms with van der Waals surface area (Å²) in [6, 6.07) is 12.3. The highest BCUT2D eigenvalue weighted by Crippen LogP contribution is 2.34. The van der Waals surface area contributed by atoms with Crippen molar-refractivity contribution in [1.29, 1.82) is 0 Å². The maximum Gasteiger partial charge on any atom is 0.273 e. The van der Waals surface area contributed by atoms with Crippen LogP contribution < -0.4 is 5.32 Å². The Morgan fingerprint density at radius 2 is 2.00 bits per heavy atom. The van der Waals surface area contributed by atoms with Gasteiger partial charge < -0.3 is 15.1 Å². The molecule has 2 heterocycles. The number of nitrogens with one attached hydrogen (secondary N) is 1. The van der Waals surface area contributed by atoms with E-state index < -0.39 is 5.60 Å². The summed E-state index contributed by atoms with van der Waals surface area (Å²) in [5.41, 5.74) is 0.555. The van der Waals surface area contributed by atoms with Gasteiger partial charge >= 0.3 is 0 Å². The number of rotatable bonds is 3. The molecule has 0 radical (unpaired) electrons. The number of carbonyl (C=O) groups is 2. The molecule has 0 saturated carbocycles. The number of nitrogens with zero attached hydrogens (tertiary/aromatic N) is 2. The first-order valence-electron chi connectivity index (χ1n) is 9.31. The Kier molecular flexibility index (Phi) is 5.24. The second-order valence-corrected chi connectivity index (χ2v) is 7.73. The zero-order valence-electron chi connectivity index (χ0n) is 15.5. The molecule has 2 aromatic carbocycles. The predicted molar refractivity (Wildman–Crippen MR) is 107 cm³/mol. The molecule has 6 nitrogen and oxygen atoms in total. The van der Waals surface area contributed by atoms with Crippen molar-refractivity contribution >= 4 is 34.8 Å². The maximum absolute atomic E-state index is 13.1. The van der Waals surface area contributed by atoms with Gasteiger partial charge in [-0.2, -0.15) is 0 Å². The van der Waals surface area contributed by atoms with Crippen molar-refractivity contribution in [3.05, 3.63) is 64.9 Å². The first-order chi connectivity index (χ1) is 13.9. The van der Waals surface area contributed by atoms with E-state index in [0.29, 0.717) is 42.2 Å².